The molecule has 0 radical (unpaired) electrons. The Balaban J connectivity index is 1.44. The molecule has 1 saturated carbocycles. The third-order valence-electron chi connectivity index (χ3n) is 4.04. The summed E-state index contributed by atoms with van der Waals surface area (Å²) in [4.78, 5) is 4.37. The van der Waals surface area contributed by atoms with E-state index in [1.165, 1.54) is 23.4 Å². The largest absolute Gasteiger partial charge is 0.313 e. The van der Waals surface area contributed by atoms with Crippen LogP contribution < -0.4 is 5.32 Å². The molecule has 0 amide bonds. The fourth-order valence-corrected chi connectivity index (χ4v) is 3.62. The molecule has 1 heterocycles. The molecule has 1 aromatic heterocycles. The maximum atomic E-state index is 6.04. The predicted molar refractivity (Wildman–Crippen MR) is 85.7 cm³/mol. The van der Waals surface area contributed by atoms with E-state index in [0.29, 0.717) is 17.9 Å². The maximum absolute atomic E-state index is 6.04. The van der Waals surface area contributed by atoms with Crippen LogP contribution in [-0.4, -0.2) is 17.6 Å². The van der Waals surface area contributed by atoms with Crippen molar-refractivity contribution in [3.8, 4) is 0 Å². The summed E-state index contributed by atoms with van der Waals surface area (Å²) in [6, 6.07) is 8.91. The minimum atomic E-state index is 0.500. The first-order chi connectivity index (χ1) is 9.72. The topological polar surface area (TPSA) is 24.9 Å². The molecule has 20 heavy (non-hydrogen) atoms. The van der Waals surface area contributed by atoms with Crippen LogP contribution in [0.1, 0.15) is 42.2 Å². The fraction of sp³-hybridized carbons (Fsp3) is 0.438. The van der Waals surface area contributed by atoms with Crippen LogP contribution in [0.25, 0.3) is 0 Å². The minimum absolute atomic E-state index is 0.500. The molecule has 0 saturated heterocycles. The maximum Gasteiger partial charge on any atom is 0.0965 e. The SMILES string of the molecule is CC(CNC1CC(c2cccc(Cl)c2)C1)c1nccs1. The van der Waals surface area contributed by atoms with E-state index in [0.717, 1.165) is 11.6 Å². The normalized spacial score (nSPS) is 23.3. The van der Waals surface area contributed by atoms with Crippen molar-refractivity contribution in [2.45, 2.75) is 37.6 Å². The zero-order valence-electron chi connectivity index (χ0n) is 11.6. The van der Waals surface area contributed by atoms with Gasteiger partial charge in [-0.2, -0.15) is 0 Å². The Kier molecular flexibility index (Phi) is 4.39. The van der Waals surface area contributed by atoms with Gasteiger partial charge in [-0.15, -0.1) is 11.3 Å². The van der Waals surface area contributed by atoms with Gasteiger partial charge in [0.25, 0.3) is 0 Å². The Bertz CT molecular complexity index is 549. The Hall–Kier alpha value is -0.900. The monoisotopic (exact) mass is 306 g/mol. The van der Waals surface area contributed by atoms with E-state index in [9.17, 15) is 0 Å². The Morgan fingerprint density at radius 1 is 1.45 bits per heavy atom. The second-order valence-corrected chi connectivity index (χ2v) is 6.96. The Labute approximate surface area is 129 Å². The van der Waals surface area contributed by atoms with Crippen LogP contribution in [-0.2, 0) is 0 Å². The summed E-state index contributed by atoms with van der Waals surface area (Å²) in [6.45, 7) is 3.25. The highest BCUT2D eigenvalue weighted by atomic mass is 35.5. The van der Waals surface area contributed by atoms with Crippen molar-refractivity contribution < 1.29 is 0 Å². The average molecular weight is 307 g/mol. The summed E-state index contributed by atoms with van der Waals surface area (Å²) in [5.74, 6) is 1.17. The summed E-state index contributed by atoms with van der Waals surface area (Å²) >= 11 is 7.79. The molecule has 106 valence electrons. The number of nitrogens with one attached hydrogen (secondary N) is 1. The molecule has 1 aliphatic rings. The molecule has 1 aromatic carbocycles. The van der Waals surface area contributed by atoms with E-state index >= 15 is 0 Å². The molecular formula is C16H19ClN2S. The number of hydrogen-bond donors (Lipinski definition) is 1. The molecule has 4 heteroatoms. The minimum Gasteiger partial charge on any atom is -0.313 e. The lowest BCUT2D eigenvalue weighted by Gasteiger charge is -2.37. The third kappa shape index (κ3) is 3.22. The van der Waals surface area contributed by atoms with Gasteiger partial charge < -0.3 is 5.32 Å². The number of rotatable bonds is 5. The van der Waals surface area contributed by atoms with Gasteiger partial charge in [-0.3, -0.25) is 0 Å². The van der Waals surface area contributed by atoms with Crippen LogP contribution in [0, 0.1) is 0 Å². The van der Waals surface area contributed by atoms with Gasteiger partial charge >= 0.3 is 0 Å². The van der Waals surface area contributed by atoms with Crippen molar-refractivity contribution in [1.82, 2.24) is 10.3 Å². The van der Waals surface area contributed by atoms with Crippen LogP contribution in [0.15, 0.2) is 35.8 Å². The van der Waals surface area contributed by atoms with Gasteiger partial charge in [0.15, 0.2) is 0 Å². The average Bonchev–Trinajstić information content (AvgIpc) is 2.90. The van der Waals surface area contributed by atoms with E-state index in [1.807, 2.05) is 23.7 Å². The van der Waals surface area contributed by atoms with Gasteiger partial charge in [-0.25, -0.2) is 4.98 Å². The van der Waals surface area contributed by atoms with Gasteiger partial charge in [0.2, 0.25) is 0 Å². The van der Waals surface area contributed by atoms with E-state index in [4.69, 9.17) is 11.6 Å². The summed E-state index contributed by atoms with van der Waals surface area (Å²) in [7, 11) is 0. The molecule has 1 N–H and O–H groups in total. The lowest BCUT2D eigenvalue weighted by atomic mass is 9.76. The molecule has 0 spiro atoms. The molecule has 0 bridgehead atoms. The predicted octanol–water partition coefficient (Wildman–Crippen LogP) is 4.44. The van der Waals surface area contributed by atoms with Crippen molar-refractivity contribution >= 4 is 22.9 Å². The molecule has 2 nitrogen and oxygen atoms in total. The van der Waals surface area contributed by atoms with E-state index in [2.05, 4.69) is 29.4 Å². The molecule has 1 aliphatic carbocycles. The van der Waals surface area contributed by atoms with Crippen LogP contribution in [0.3, 0.4) is 0 Å². The zero-order valence-corrected chi connectivity index (χ0v) is 13.1. The summed E-state index contributed by atoms with van der Waals surface area (Å²) in [6.07, 6.45) is 4.31. The first kappa shape index (κ1) is 14.1. The van der Waals surface area contributed by atoms with Crippen LogP contribution in [0.4, 0.5) is 0 Å². The zero-order chi connectivity index (χ0) is 13.9. The number of hydrogen-bond acceptors (Lipinski definition) is 3. The second-order valence-electron chi connectivity index (χ2n) is 5.60. The van der Waals surface area contributed by atoms with Crippen LogP contribution in [0.5, 0.6) is 0 Å². The molecule has 0 aliphatic heterocycles. The van der Waals surface area contributed by atoms with Gasteiger partial charge in [-0.1, -0.05) is 30.7 Å². The third-order valence-corrected chi connectivity index (χ3v) is 5.29. The molecule has 3 rings (SSSR count). The second kappa shape index (κ2) is 6.25. The Morgan fingerprint density at radius 2 is 2.30 bits per heavy atom. The van der Waals surface area contributed by atoms with Gasteiger partial charge in [0, 0.05) is 35.1 Å². The van der Waals surface area contributed by atoms with Crippen molar-refractivity contribution in [2.24, 2.45) is 0 Å². The standard InChI is InChI=1S/C16H19ClN2S/c1-11(16-18-5-6-20-16)10-19-15-8-13(9-15)12-3-2-4-14(17)7-12/h2-7,11,13,15,19H,8-10H2,1H3. The molecule has 1 unspecified atom stereocenters. The number of aromatic nitrogens is 1. The highest BCUT2D eigenvalue weighted by molar-refractivity contribution is 7.09. The van der Waals surface area contributed by atoms with Gasteiger partial charge in [0.05, 0.1) is 5.01 Å². The first-order valence-electron chi connectivity index (χ1n) is 7.10. The summed E-state index contributed by atoms with van der Waals surface area (Å²) in [5.41, 5.74) is 1.38. The van der Waals surface area contributed by atoms with E-state index in [-0.39, 0.29) is 0 Å². The number of nitrogens with zero attached hydrogens (tertiary/aromatic N) is 1. The molecular weight excluding hydrogens is 288 g/mol. The summed E-state index contributed by atoms with van der Waals surface area (Å²) < 4.78 is 0. The fourth-order valence-electron chi connectivity index (χ4n) is 2.73. The number of thiazole rings is 1. The lowest BCUT2D eigenvalue weighted by Crippen LogP contribution is -2.41. The van der Waals surface area contributed by atoms with E-state index < -0.39 is 0 Å². The number of halogens is 1. The van der Waals surface area contributed by atoms with Crippen LogP contribution in [0.2, 0.25) is 5.02 Å². The molecule has 1 atom stereocenters. The van der Waals surface area contributed by atoms with Crippen molar-refractivity contribution in [3.63, 3.8) is 0 Å². The first-order valence-corrected chi connectivity index (χ1v) is 8.36. The smallest absolute Gasteiger partial charge is 0.0965 e. The lowest BCUT2D eigenvalue weighted by molar-refractivity contribution is 0.287. The van der Waals surface area contributed by atoms with Crippen molar-refractivity contribution in [1.29, 1.82) is 0 Å². The van der Waals surface area contributed by atoms with Gasteiger partial charge in [0.1, 0.15) is 0 Å². The highest BCUT2D eigenvalue weighted by Gasteiger charge is 2.30. The van der Waals surface area contributed by atoms with Crippen molar-refractivity contribution in [2.75, 3.05) is 6.54 Å². The Morgan fingerprint density at radius 3 is 3.00 bits per heavy atom. The molecule has 1 fully saturated rings. The number of benzene rings is 1. The van der Waals surface area contributed by atoms with Crippen molar-refractivity contribution in [3.05, 3.63) is 51.4 Å². The van der Waals surface area contributed by atoms with Crippen LogP contribution >= 0.6 is 22.9 Å². The quantitative estimate of drug-likeness (QED) is 0.883. The summed E-state index contributed by atoms with van der Waals surface area (Å²) in [5, 5.41) is 7.77. The highest BCUT2D eigenvalue weighted by Crippen LogP contribution is 2.37. The van der Waals surface area contributed by atoms with E-state index in [1.54, 1.807) is 11.3 Å². The van der Waals surface area contributed by atoms with Gasteiger partial charge in [-0.05, 0) is 36.5 Å². The molecule has 2 aromatic rings.